The maximum Gasteiger partial charge on any atom is 0.118 e. The normalized spacial score (nSPS) is 12.6. The number of hydrogen-bond donors (Lipinski definition) is 0. The molecule has 2 heterocycles. The number of nitrogens with zero attached hydrogens (tertiary/aromatic N) is 2. The van der Waals surface area contributed by atoms with Gasteiger partial charge in [0.2, 0.25) is 0 Å². The number of unbranched alkanes of at least 4 members (excludes halogenated alkanes) is 2. The summed E-state index contributed by atoms with van der Waals surface area (Å²) in [6.45, 7) is 4.70. The molecule has 0 spiro atoms. The van der Waals surface area contributed by atoms with E-state index in [9.17, 15) is 0 Å². The van der Waals surface area contributed by atoms with E-state index in [4.69, 9.17) is 0 Å². The molecule has 0 aliphatic heterocycles. The Kier molecular flexibility index (Phi) is 7.08. The van der Waals surface area contributed by atoms with Gasteiger partial charge in [-0.3, -0.25) is 0 Å². The first-order valence-electron chi connectivity index (χ1n) is 18.9. The quantitative estimate of drug-likeness (QED) is 0.101. The van der Waals surface area contributed by atoms with E-state index in [1.165, 1.54) is 114 Å². The molecule has 0 fully saturated rings. The van der Waals surface area contributed by atoms with E-state index in [0.717, 1.165) is 0 Å². The highest BCUT2D eigenvalue weighted by Gasteiger charge is 2.36. The van der Waals surface area contributed by atoms with Crippen molar-refractivity contribution in [1.82, 2.24) is 9.13 Å². The zero-order valence-electron chi connectivity index (χ0n) is 29.5. The first-order chi connectivity index (χ1) is 25.2. The predicted molar refractivity (Wildman–Crippen MR) is 223 cm³/mol. The van der Waals surface area contributed by atoms with E-state index < -0.39 is 8.07 Å². The second-order valence-electron chi connectivity index (χ2n) is 14.7. The van der Waals surface area contributed by atoms with Crippen LogP contribution in [-0.4, -0.2) is 17.2 Å². The summed E-state index contributed by atoms with van der Waals surface area (Å²) in [5, 5.41) is 13.9. The monoisotopic (exact) mass is 674 g/mol. The Morgan fingerprint density at radius 1 is 0.373 bits per heavy atom. The Hall–Kier alpha value is -5.38. The van der Waals surface area contributed by atoms with Crippen LogP contribution in [0.4, 0.5) is 0 Å². The zero-order chi connectivity index (χ0) is 34.1. The van der Waals surface area contributed by atoms with Crippen molar-refractivity contribution in [3.63, 3.8) is 0 Å². The Morgan fingerprint density at radius 2 is 0.686 bits per heavy atom. The molecular formula is C48H42N2Si. The fraction of sp³-hybridized carbons (Fsp3) is 0.167. The first-order valence-corrected chi connectivity index (χ1v) is 21.3. The van der Waals surface area contributed by atoms with Gasteiger partial charge in [-0.2, -0.15) is 0 Å². The third kappa shape index (κ3) is 4.47. The van der Waals surface area contributed by atoms with Crippen molar-refractivity contribution < 1.29 is 0 Å². The van der Waals surface area contributed by atoms with Gasteiger partial charge < -0.3 is 9.13 Å². The average Bonchev–Trinajstić information content (AvgIpc) is 3.72. The molecule has 10 aromatic rings. The van der Waals surface area contributed by atoms with E-state index in [1.54, 1.807) is 10.4 Å². The summed E-state index contributed by atoms with van der Waals surface area (Å²) in [4.78, 5) is 0. The maximum atomic E-state index is 2.50. The van der Waals surface area contributed by atoms with Crippen LogP contribution in [0.1, 0.15) is 39.5 Å². The maximum absolute atomic E-state index is 2.50. The minimum atomic E-state index is -2.07. The summed E-state index contributed by atoms with van der Waals surface area (Å²) in [6, 6.07) is 58.3. The molecular weight excluding hydrogens is 633 g/mol. The lowest BCUT2D eigenvalue weighted by Crippen LogP contribution is -2.58. The third-order valence-electron chi connectivity index (χ3n) is 11.9. The highest BCUT2D eigenvalue weighted by atomic mass is 28.3. The molecule has 0 radical (unpaired) electrons. The van der Waals surface area contributed by atoms with Crippen LogP contribution in [-0.2, 0) is 0 Å². The molecule has 248 valence electrons. The molecule has 2 nitrogen and oxygen atoms in total. The van der Waals surface area contributed by atoms with E-state index in [1.807, 2.05) is 0 Å². The predicted octanol–water partition coefficient (Wildman–Crippen LogP) is 12.2. The smallest absolute Gasteiger partial charge is 0.118 e. The summed E-state index contributed by atoms with van der Waals surface area (Å²) in [7, 11) is -2.07. The summed E-state index contributed by atoms with van der Waals surface area (Å²) in [5.74, 6) is 0. The van der Waals surface area contributed by atoms with E-state index in [-0.39, 0.29) is 0 Å². The number of benzene rings is 8. The fourth-order valence-electron chi connectivity index (χ4n) is 9.48. The Morgan fingerprint density at radius 3 is 0.980 bits per heavy atom. The summed E-state index contributed by atoms with van der Waals surface area (Å²) < 4.78 is 4.97. The van der Waals surface area contributed by atoms with Crippen LogP contribution < -0.4 is 10.4 Å². The molecule has 0 aliphatic carbocycles. The van der Waals surface area contributed by atoms with Gasteiger partial charge in [0.05, 0.1) is 22.1 Å². The minimum Gasteiger partial charge on any atom is -0.309 e. The zero-order valence-corrected chi connectivity index (χ0v) is 30.5. The van der Waals surface area contributed by atoms with Gasteiger partial charge in [0, 0.05) is 32.9 Å². The van der Waals surface area contributed by atoms with Gasteiger partial charge in [0.15, 0.2) is 0 Å². The average molecular weight is 675 g/mol. The van der Waals surface area contributed by atoms with Gasteiger partial charge in [-0.05, 0) is 82.2 Å². The molecule has 0 aliphatic rings. The topological polar surface area (TPSA) is 9.86 Å². The Balaban J connectivity index is 1.11. The fourth-order valence-corrected chi connectivity index (χ4v) is 14.7. The molecule has 0 bridgehead atoms. The lowest BCUT2D eigenvalue weighted by Gasteiger charge is -2.34. The molecule has 0 saturated heterocycles. The van der Waals surface area contributed by atoms with Gasteiger partial charge in [-0.15, -0.1) is 0 Å². The second-order valence-corrected chi connectivity index (χ2v) is 19.0. The van der Waals surface area contributed by atoms with Crippen LogP contribution in [0.2, 0.25) is 12.1 Å². The Labute approximate surface area is 300 Å². The van der Waals surface area contributed by atoms with Crippen molar-refractivity contribution in [3.05, 3.63) is 146 Å². The standard InChI is InChI=1S/C48H42N2Si/c1-3-5-31-51(32-6-4-2,39-27-23-37(24-28-39)49-41-15-7-11-33-19-20-34-12-8-16-42(49)46(34)45(33)41)40-29-25-38(26-30-40)50-43-17-9-13-35-21-22-36-14-10-18-44(50)48(36)47(35)43/h7-30H,3-6,31-32H2,1-2H3. The van der Waals surface area contributed by atoms with Crippen LogP contribution in [0.25, 0.3) is 76.5 Å². The lowest BCUT2D eigenvalue weighted by molar-refractivity contribution is 0.838. The van der Waals surface area contributed by atoms with Gasteiger partial charge in [-0.1, -0.05) is 147 Å². The molecule has 0 N–H and O–H groups in total. The van der Waals surface area contributed by atoms with Crippen LogP contribution >= 0.6 is 0 Å². The van der Waals surface area contributed by atoms with E-state index in [2.05, 4.69) is 169 Å². The molecule has 0 atom stereocenters. The molecule has 0 saturated carbocycles. The van der Waals surface area contributed by atoms with Crippen LogP contribution in [0.5, 0.6) is 0 Å². The van der Waals surface area contributed by atoms with Crippen LogP contribution in [0, 0.1) is 0 Å². The van der Waals surface area contributed by atoms with Crippen molar-refractivity contribution in [2.45, 2.75) is 51.6 Å². The number of rotatable bonds is 10. The minimum absolute atomic E-state index is 1.22. The van der Waals surface area contributed by atoms with E-state index in [0.29, 0.717) is 0 Å². The molecule has 10 rings (SSSR count). The molecule has 0 unspecified atom stereocenters. The van der Waals surface area contributed by atoms with Gasteiger partial charge in [0.1, 0.15) is 8.07 Å². The second kappa shape index (κ2) is 11.9. The number of hydrogen-bond acceptors (Lipinski definition) is 0. The van der Waals surface area contributed by atoms with Gasteiger partial charge in [-0.25, -0.2) is 0 Å². The Bertz CT molecular complexity index is 2490. The molecule has 0 amide bonds. The van der Waals surface area contributed by atoms with E-state index >= 15 is 0 Å². The highest BCUT2D eigenvalue weighted by molar-refractivity contribution is 7.02. The van der Waals surface area contributed by atoms with Crippen LogP contribution in [0.3, 0.4) is 0 Å². The molecule has 3 heteroatoms. The third-order valence-corrected chi connectivity index (χ3v) is 17.2. The highest BCUT2D eigenvalue weighted by Crippen LogP contribution is 2.40. The SMILES string of the molecule is CCCC[Si](CCCC)(c1ccc(-n2c3cccc4ccc5cccc2c5c43)cc1)c1ccc(-n2c3cccc4ccc5cccc2c5c43)cc1. The van der Waals surface area contributed by atoms with Crippen molar-refractivity contribution in [2.24, 2.45) is 0 Å². The summed E-state index contributed by atoms with van der Waals surface area (Å²) in [5.41, 5.74) is 7.65. The lowest BCUT2D eigenvalue weighted by atomic mass is 10.0. The molecule has 8 aromatic carbocycles. The van der Waals surface area contributed by atoms with Crippen LogP contribution in [0.15, 0.2) is 146 Å². The van der Waals surface area contributed by atoms with Crippen molar-refractivity contribution >= 4 is 83.6 Å². The van der Waals surface area contributed by atoms with Crippen molar-refractivity contribution in [1.29, 1.82) is 0 Å². The van der Waals surface area contributed by atoms with Crippen molar-refractivity contribution in [2.75, 3.05) is 0 Å². The summed E-state index contributed by atoms with van der Waals surface area (Å²) >= 11 is 0. The molecule has 51 heavy (non-hydrogen) atoms. The van der Waals surface area contributed by atoms with Gasteiger partial charge >= 0.3 is 0 Å². The molecule has 2 aromatic heterocycles. The number of aromatic nitrogens is 2. The largest absolute Gasteiger partial charge is 0.309 e. The van der Waals surface area contributed by atoms with Crippen molar-refractivity contribution in [3.8, 4) is 11.4 Å². The van der Waals surface area contributed by atoms with Gasteiger partial charge in [0.25, 0.3) is 0 Å². The first kappa shape index (κ1) is 30.4. The summed E-state index contributed by atoms with van der Waals surface area (Å²) in [6.07, 6.45) is 4.96.